The number of carboxylic acid groups (broad SMARTS) is 1. The number of likely N-dealkylation sites (N-methyl/N-ethyl adjacent to an activating group) is 1. The van der Waals surface area contributed by atoms with Crippen molar-refractivity contribution in [3.05, 3.63) is 35.6 Å². The Morgan fingerprint density at radius 3 is 2.75 bits per heavy atom. The molecule has 4 nitrogen and oxygen atoms in total. The van der Waals surface area contributed by atoms with Gasteiger partial charge in [-0.15, -0.1) is 0 Å². The number of halogens is 1. The Morgan fingerprint density at radius 2 is 2.15 bits per heavy atom. The molecule has 20 heavy (non-hydrogen) atoms. The van der Waals surface area contributed by atoms with Crippen LogP contribution < -0.4 is 5.32 Å². The van der Waals surface area contributed by atoms with Crippen molar-refractivity contribution in [3.8, 4) is 0 Å². The molecule has 0 aromatic heterocycles. The van der Waals surface area contributed by atoms with E-state index >= 15 is 0 Å². The summed E-state index contributed by atoms with van der Waals surface area (Å²) in [6.45, 7) is 3.34. The molecule has 0 saturated heterocycles. The minimum Gasteiger partial charge on any atom is -0.480 e. The molecule has 1 aromatic carbocycles. The third kappa shape index (κ3) is 3.77. The largest absolute Gasteiger partial charge is 0.480 e. The molecule has 0 aliphatic heterocycles. The Morgan fingerprint density at radius 1 is 1.45 bits per heavy atom. The van der Waals surface area contributed by atoms with E-state index in [1.54, 1.807) is 12.1 Å². The van der Waals surface area contributed by atoms with Crippen molar-refractivity contribution in [2.24, 2.45) is 0 Å². The third-order valence-corrected chi connectivity index (χ3v) is 3.91. The molecule has 2 N–H and O–H groups in total. The monoisotopic (exact) mass is 280 g/mol. The fourth-order valence-electron chi connectivity index (χ4n) is 2.62. The van der Waals surface area contributed by atoms with E-state index in [1.807, 2.05) is 17.9 Å². The summed E-state index contributed by atoms with van der Waals surface area (Å²) in [6.07, 6.45) is 1.85. The maximum atomic E-state index is 13.5. The van der Waals surface area contributed by atoms with Gasteiger partial charge in [-0.2, -0.15) is 0 Å². The van der Waals surface area contributed by atoms with Gasteiger partial charge in [0, 0.05) is 24.2 Å². The van der Waals surface area contributed by atoms with Crippen molar-refractivity contribution in [2.45, 2.75) is 38.4 Å². The van der Waals surface area contributed by atoms with Crippen molar-refractivity contribution < 1.29 is 14.3 Å². The minimum absolute atomic E-state index is 0.0984. The van der Waals surface area contributed by atoms with Gasteiger partial charge in [0.25, 0.3) is 0 Å². The fraction of sp³-hybridized carbons (Fsp3) is 0.533. The number of rotatable bonds is 7. The summed E-state index contributed by atoms with van der Waals surface area (Å²) in [5, 5.41) is 12.2. The lowest BCUT2D eigenvalue weighted by Crippen LogP contribution is -2.53. The molecule has 0 bridgehead atoms. The van der Waals surface area contributed by atoms with E-state index in [4.69, 9.17) is 5.11 Å². The van der Waals surface area contributed by atoms with Gasteiger partial charge in [0.2, 0.25) is 0 Å². The molecule has 0 atom stereocenters. The number of nitrogens with one attached hydrogen (secondary N) is 1. The zero-order valence-electron chi connectivity index (χ0n) is 11.7. The van der Waals surface area contributed by atoms with Crippen LogP contribution in [-0.2, 0) is 11.3 Å². The maximum absolute atomic E-state index is 13.5. The zero-order chi connectivity index (χ0) is 14.5. The van der Waals surface area contributed by atoms with E-state index in [2.05, 4.69) is 5.32 Å². The lowest BCUT2D eigenvalue weighted by Gasteiger charge is -2.42. The Hall–Kier alpha value is -1.46. The first kappa shape index (κ1) is 14.9. The van der Waals surface area contributed by atoms with E-state index in [0.717, 1.165) is 19.4 Å². The number of nitrogens with zero attached hydrogens (tertiary/aromatic N) is 1. The highest BCUT2D eigenvalue weighted by Gasteiger charge is 2.33. The van der Waals surface area contributed by atoms with E-state index in [1.165, 1.54) is 6.07 Å². The SMILES string of the molecule is CCN(CC(=O)O)C1CC(NCc2ccccc2F)C1. The number of hydrogen-bond donors (Lipinski definition) is 2. The predicted molar refractivity (Wildman–Crippen MR) is 74.9 cm³/mol. The van der Waals surface area contributed by atoms with Gasteiger partial charge >= 0.3 is 5.97 Å². The summed E-state index contributed by atoms with van der Waals surface area (Å²) in [6, 6.07) is 7.43. The first-order valence-corrected chi connectivity index (χ1v) is 7.02. The van der Waals surface area contributed by atoms with Crippen LogP contribution in [0.3, 0.4) is 0 Å². The van der Waals surface area contributed by atoms with Crippen LogP contribution in [0, 0.1) is 5.82 Å². The second-order valence-corrected chi connectivity index (χ2v) is 5.25. The standard InChI is InChI=1S/C15H21FN2O2/c1-2-18(10-15(19)20)13-7-12(8-13)17-9-11-5-3-4-6-14(11)16/h3-6,12-13,17H,2,7-10H2,1H3,(H,19,20). The van der Waals surface area contributed by atoms with Crippen LogP contribution in [0.4, 0.5) is 4.39 Å². The van der Waals surface area contributed by atoms with Gasteiger partial charge in [-0.25, -0.2) is 4.39 Å². The first-order valence-electron chi connectivity index (χ1n) is 7.02. The number of aliphatic carboxylic acids is 1. The molecule has 1 saturated carbocycles. The summed E-state index contributed by atoms with van der Waals surface area (Å²) < 4.78 is 13.5. The lowest BCUT2D eigenvalue weighted by atomic mass is 9.85. The quantitative estimate of drug-likeness (QED) is 0.800. The third-order valence-electron chi connectivity index (χ3n) is 3.91. The number of carboxylic acids is 1. The molecule has 0 spiro atoms. The summed E-state index contributed by atoms with van der Waals surface area (Å²) >= 11 is 0. The second-order valence-electron chi connectivity index (χ2n) is 5.25. The molecular weight excluding hydrogens is 259 g/mol. The number of benzene rings is 1. The van der Waals surface area contributed by atoms with Crippen molar-refractivity contribution >= 4 is 5.97 Å². The minimum atomic E-state index is -0.783. The van der Waals surface area contributed by atoms with Gasteiger partial charge in [0.15, 0.2) is 0 Å². The number of hydrogen-bond acceptors (Lipinski definition) is 3. The normalized spacial score (nSPS) is 21.8. The zero-order valence-corrected chi connectivity index (χ0v) is 11.7. The van der Waals surface area contributed by atoms with Crippen molar-refractivity contribution in [2.75, 3.05) is 13.1 Å². The average molecular weight is 280 g/mol. The van der Waals surface area contributed by atoms with E-state index in [-0.39, 0.29) is 12.4 Å². The summed E-state index contributed by atoms with van der Waals surface area (Å²) in [5.74, 6) is -0.966. The highest BCUT2D eigenvalue weighted by Crippen LogP contribution is 2.26. The summed E-state index contributed by atoms with van der Waals surface area (Å²) in [5.41, 5.74) is 0.675. The van der Waals surface area contributed by atoms with Crippen LogP contribution in [-0.4, -0.2) is 41.1 Å². The van der Waals surface area contributed by atoms with E-state index < -0.39 is 5.97 Å². The Balaban J connectivity index is 1.74. The van der Waals surface area contributed by atoms with Crippen molar-refractivity contribution in [1.82, 2.24) is 10.2 Å². The van der Waals surface area contributed by atoms with Crippen LogP contribution in [0.2, 0.25) is 0 Å². The molecule has 1 aliphatic rings. The molecular formula is C15H21FN2O2. The second kappa shape index (κ2) is 6.81. The van der Waals surface area contributed by atoms with Crippen LogP contribution >= 0.6 is 0 Å². The topological polar surface area (TPSA) is 52.6 Å². The molecule has 0 radical (unpaired) electrons. The highest BCUT2D eigenvalue weighted by atomic mass is 19.1. The van der Waals surface area contributed by atoms with Crippen molar-refractivity contribution in [3.63, 3.8) is 0 Å². The predicted octanol–water partition coefficient (Wildman–Crippen LogP) is 1.85. The fourth-order valence-corrected chi connectivity index (χ4v) is 2.62. The first-order chi connectivity index (χ1) is 9.60. The Labute approximate surface area is 118 Å². The molecule has 0 unspecified atom stereocenters. The van der Waals surface area contributed by atoms with Crippen LogP contribution in [0.25, 0.3) is 0 Å². The summed E-state index contributed by atoms with van der Waals surface area (Å²) in [4.78, 5) is 12.7. The molecule has 110 valence electrons. The molecule has 0 heterocycles. The van der Waals surface area contributed by atoms with Crippen molar-refractivity contribution in [1.29, 1.82) is 0 Å². The number of carbonyl (C=O) groups is 1. The van der Waals surface area contributed by atoms with Gasteiger partial charge in [-0.05, 0) is 25.5 Å². The molecule has 1 aromatic rings. The smallest absolute Gasteiger partial charge is 0.317 e. The Bertz CT molecular complexity index is 461. The van der Waals surface area contributed by atoms with Gasteiger partial charge in [-0.1, -0.05) is 25.1 Å². The molecule has 0 amide bonds. The Kier molecular flexibility index (Phi) is 5.09. The maximum Gasteiger partial charge on any atom is 0.317 e. The van der Waals surface area contributed by atoms with Gasteiger partial charge in [0.05, 0.1) is 6.54 Å². The highest BCUT2D eigenvalue weighted by molar-refractivity contribution is 5.69. The molecule has 5 heteroatoms. The van der Waals surface area contributed by atoms with Crippen LogP contribution in [0.15, 0.2) is 24.3 Å². The molecule has 2 rings (SSSR count). The van der Waals surface area contributed by atoms with E-state index in [0.29, 0.717) is 24.2 Å². The van der Waals surface area contributed by atoms with E-state index in [9.17, 15) is 9.18 Å². The molecule has 1 fully saturated rings. The summed E-state index contributed by atoms with van der Waals surface area (Å²) in [7, 11) is 0. The van der Waals surface area contributed by atoms with Crippen LogP contribution in [0.5, 0.6) is 0 Å². The van der Waals surface area contributed by atoms with Gasteiger partial charge < -0.3 is 10.4 Å². The van der Waals surface area contributed by atoms with Crippen LogP contribution in [0.1, 0.15) is 25.3 Å². The van der Waals surface area contributed by atoms with Gasteiger partial charge in [0.1, 0.15) is 5.82 Å². The average Bonchev–Trinajstić information content (AvgIpc) is 2.37. The van der Waals surface area contributed by atoms with Gasteiger partial charge in [-0.3, -0.25) is 9.69 Å². The molecule has 1 aliphatic carbocycles. The lowest BCUT2D eigenvalue weighted by molar-refractivity contribution is -0.139.